The zero-order chi connectivity index (χ0) is 17.2. The molecule has 5 nitrogen and oxygen atoms in total. The van der Waals surface area contributed by atoms with Crippen LogP contribution >= 0.6 is 0 Å². The van der Waals surface area contributed by atoms with Gasteiger partial charge in [-0.15, -0.1) is 0 Å². The number of piperidine rings is 1. The summed E-state index contributed by atoms with van der Waals surface area (Å²) in [5, 5.41) is 0. The third-order valence-electron chi connectivity index (χ3n) is 4.88. The molecule has 3 rings (SSSR count). The number of ether oxygens (including phenoxy) is 1. The number of nitrogens with zero attached hydrogens (tertiary/aromatic N) is 1. The van der Waals surface area contributed by atoms with Crippen molar-refractivity contribution in [3.63, 3.8) is 0 Å². The first-order valence-corrected chi connectivity index (χ1v) is 10.4. The number of likely N-dealkylation sites (tertiary alicyclic amines) is 1. The number of hydrogen-bond donors (Lipinski definition) is 0. The smallest absolute Gasteiger partial charge is 0.222 e. The fraction of sp³-hybridized carbons (Fsp3) is 0.611. The summed E-state index contributed by atoms with van der Waals surface area (Å²) < 4.78 is 29.0. The minimum atomic E-state index is -2.91. The van der Waals surface area contributed by atoms with E-state index in [0.717, 1.165) is 18.6 Å². The van der Waals surface area contributed by atoms with Gasteiger partial charge >= 0.3 is 0 Å². The second-order valence-corrected chi connectivity index (χ2v) is 9.22. The van der Waals surface area contributed by atoms with Crippen LogP contribution in [0.15, 0.2) is 24.3 Å². The molecule has 0 N–H and O–H groups in total. The van der Waals surface area contributed by atoms with Crippen LogP contribution in [0.5, 0.6) is 5.75 Å². The predicted octanol–water partition coefficient (Wildman–Crippen LogP) is 2.19. The van der Waals surface area contributed by atoms with E-state index in [-0.39, 0.29) is 29.4 Å². The maximum Gasteiger partial charge on any atom is 0.222 e. The van der Waals surface area contributed by atoms with Gasteiger partial charge < -0.3 is 9.64 Å². The summed E-state index contributed by atoms with van der Waals surface area (Å²) >= 11 is 0. The van der Waals surface area contributed by atoms with Crippen LogP contribution < -0.4 is 4.74 Å². The summed E-state index contributed by atoms with van der Waals surface area (Å²) in [7, 11) is -2.91. The zero-order valence-corrected chi connectivity index (χ0v) is 14.9. The van der Waals surface area contributed by atoms with Gasteiger partial charge in [-0.05, 0) is 37.0 Å². The van der Waals surface area contributed by atoms with E-state index in [1.54, 1.807) is 0 Å². The van der Waals surface area contributed by atoms with E-state index in [0.29, 0.717) is 25.9 Å². The molecule has 1 atom stereocenters. The SMILES string of the molecule is Cc1cccc(OC2CCN(C(=O)C[C@H]3CCS(=O)(=O)C3)CC2)c1. The molecule has 0 spiro atoms. The molecule has 0 unspecified atom stereocenters. The van der Waals surface area contributed by atoms with Crippen LogP contribution in [0.2, 0.25) is 0 Å². The minimum absolute atomic E-state index is 0.00349. The number of sulfone groups is 1. The van der Waals surface area contributed by atoms with Crippen molar-refractivity contribution in [2.75, 3.05) is 24.6 Å². The highest BCUT2D eigenvalue weighted by atomic mass is 32.2. The maximum atomic E-state index is 12.4. The van der Waals surface area contributed by atoms with E-state index < -0.39 is 9.84 Å². The molecule has 6 heteroatoms. The normalized spacial score (nSPS) is 24.0. The molecule has 2 aliphatic rings. The van der Waals surface area contributed by atoms with E-state index in [9.17, 15) is 13.2 Å². The van der Waals surface area contributed by atoms with Crippen LogP contribution in [-0.2, 0) is 14.6 Å². The predicted molar refractivity (Wildman–Crippen MR) is 92.8 cm³/mol. The van der Waals surface area contributed by atoms with Gasteiger partial charge in [0.05, 0.1) is 11.5 Å². The fourth-order valence-electron chi connectivity index (χ4n) is 3.51. The van der Waals surface area contributed by atoms with Crippen molar-refractivity contribution in [3.8, 4) is 5.75 Å². The Morgan fingerprint density at radius 2 is 2.00 bits per heavy atom. The standard InChI is InChI=1S/C18H25NO4S/c1-14-3-2-4-17(11-14)23-16-5-8-19(9-6-16)18(20)12-15-7-10-24(21,22)13-15/h2-4,11,15-16H,5-10,12-13H2,1H3/t15-/m1/s1. The third kappa shape index (κ3) is 4.50. The first kappa shape index (κ1) is 17.3. The quantitative estimate of drug-likeness (QED) is 0.834. The first-order chi connectivity index (χ1) is 11.4. The van der Waals surface area contributed by atoms with Crippen molar-refractivity contribution in [2.24, 2.45) is 5.92 Å². The van der Waals surface area contributed by atoms with Crippen LogP contribution in [0.1, 0.15) is 31.2 Å². The number of rotatable bonds is 4. The average molecular weight is 351 g/mol. The van der Waals surface area contributed by atoms with Gasteiger partial charge in [-0.3, -0.25) is 4.79 Å². The summed E-state index contributed by atoms with van der Waals surface area (Å²) in [6, 6.07) is 8.01. The van der Waals surface area contributed by atoms with E-state index in [1.165, 1.54) is 5.56 Å². The Bertz CT molecular complexity index is 693. The number of amides is 1. The lowest BCUT2D eigenvalue weighted by molar-refractivity contribution is -0.133. The van der Waals surface area contributed by atoms with Crippen LogP contribution in [0, 0.1) is 12.8 Å². The molecule has 0 aliphatic carbocycles. The van der Waals surface area contributed by atoms with E-state index in [4.69, 9.17) is 4.74 Å². The van der Waals surface area contributed by atoms with Crippen molar-refractivity contribution >= 4 is 15.7 Å². The van der Waals surface area contributed by atoms with Crippen molar-refractivity contribution in [3.05, 3.63) is 29.8 Å². The van der Waals surface area contributed by atoms with Crippen molar-refractivity contribution in [2.45, 2.75) is 38.7 Å². The Kier molecular flexibility index (Phi) is 5.13. The molecule has 2 aliphatic heterocycles. The second kappa shape index (κ2) is 7.13. The Hall–Kier alpha value is -1.56. The summed E-state index contributed by atoms with van der Waals surface area (Å²) in [5.41, 5.74) is 1.17. The molecule has 0 aromatic heterocycles. The van der Waals surface area contributed by atoms with Gasteiger partial charge in [-0.2, -0.15) is 0 Å². The second-order valence-electron chi connectivity index (χ2n) is 6.99. The molecule has 2 fully saturated rings. The molecule has 0 radical (unpaired) electrons. The average Bonchev–Trinajstić information content (AvgIpc) is 2.87. The molecule has 0 bridgehead atoms. The molecule has 2 heterocycles. The Labute approximate surface area is 143 Å². The summed E-state index contributed by atoms with van der Waals surface area (Å²) in [6.45, 7) is 3.42. The largest absolute Gasteiger partial charge is 0.490 e. The van der Waals surface area contributed by atoms with Gasteiger partial charge in [0.15, 0.2) is 9.84 Å². The zero-order valence-electron chi connectivity index (χ0n) is 14.1. The number of benzene rings is 1. The van der Waals surface area contributed by atoms with Crippen LogP contribution in [-0.4, -0.2) is 49.9 Å². The number of carbonyl (C=O) groups excluding carboxylic acids is 1. The summed E-state index contributed by atoms with van der Waals surface area (Å²) in [4.78, 5) is 14.2. The highest BCUT2D eigenvalue weighted by Gasteiger charge is 2.32. The van der Waals surface area contributed by atoms with E-state index in [2.05, 4.69) is 0 Å². The Morgan fingerprint density at radius 3 is 2.62 bits per heavy atom. The molecule has 132 valence electrons. The topological polar surface area (TPSA) is 63.7 Å². The fourth-order valence-corrected chi connectivity index (χ4v) is 5.38. The lowest BCUT2D eigenvalue weighted by Gasteiger charge is -2.32. The summed E-state index contributed by atoms with van der Waals surface area (Å²) in [5.74, 6) is 1.38. The van der Waals surface area contributed by atoms with Crippen LogP contribution in [0.4, 0.5) is 0 Å². The summed E-state index contributed by atoms with van der Waals surface area (Å²) in [6.07, 6.45) is 2.78. The van der Waals surface area contributed by atoms with Gasteiger partial charge in [-0.1, -0.05) is 12.1 Å². The third-order valence-corrected chi connectivity index (χ3v) is 6.71. The minimum Gasteiger partial charge on any atom is -0.490 e. The van der Waals surface area contributed by atoms with Crippen LogP contribution in [0.3, 0.4) is 0 Å². The first-order valence-electron chi connectivity index (χ1n) is 8.63. The molecule has 1 aromatic carbocycles. The Balaban J connectivity index is 1.45. The number of hydrogen-bond acceptors (Lipinski definition) is 4. The highest BCUT2D eigenvalue weighted by molar-refractivity contribution is 7.91. The van der Waals surface area contributed by atoms with Crippen LogP contribution in [0.25, 0.3) is 0 Å². The number of carbonyl (C=O) groups is 1. The molecular weight excluding hydrogens is 326 g/mol. The lowest BCUT2D eigenvalue weighted by atomic mass is 10.0. The van der Waals surface area contributed by atoms with Crippen molar-refractivity contribution in [1.29, 1.82) is 0 Å². The number of aryl methyl sites for hydroxylation is 1. The van der Waals surface area contributed by atoms with E-state index >= 15 is 0 Å². The molecule has 24 heavy (non-hydrogen) atoms. The van der Waals surface area contributed by atoms with Crippen molar-refractivity contribution in [1.82, 2.24) is 4.90 Å². The highest BCUT2D eigenvalue weighted by Crippen LogP contribution is 2.24. The van der Waals surface area contributed by atoms with Gasteiger partial charge in [0.2, 0.25) is 5.91 Å². The molecule has 2 saturated heterocycles. The van der Waals surface area contributed by atoms with Gasteiger partial charge in [0.1, 0.15) is 11.9 Å². The monoisotopic (exact) mass is 351 g/mol. The molecule has 1 amide bonds. The van der Waals surface area contributed by atoms with Gasteiger partial charge in [0.25, 0.3) is 0 Å². The molecule has 1 aromatic rings. The van der Waals surface area contributed by atoms with Gasteiger partial charge in [0, 0.05) is 32.4 Å². The van der Waals surface area contributed by atoms with Crippen molar-refractivity contribution < 1.29 is 17.9 Å². The van der Waals surface area contributed by atoms with Gasteiger partial charge in [-0.25, -0.2) is 8.42 Å². The van der Waals surface area contributed by atoms with E-state index in [1.807, 2.05) is 36.1 Å². The molecule has 0 saturated carbocycles. The maximum absolute atomic E-state index is 12.4. The lowest BCUT2D eigenvalue weighted by Crippen LogP contribution is -2.42. The Morgan fingerprint density at radius 1 is 1.25 bits per heavy atom. The molecular formula is C18H25NO4S.